The summed E-state index contributed by atoms with van der Waals surface area (Å²) in [6.45, 7) is 4.27. The zero-order chi connectivity index (χ0) is 16.6. The minimum absolute atomic E-state index is 0.0844. The Morgan fingerprint density at radius 2 is 2.00 bits per heavy atom. The van der Waals surface area contributed by atoms with Crippen LogP contribution in [-0.2, 0) is 0 Å². The summed E-state index contributed by atoms with van der Waals surface area (Å²) in [4.78, 5) is 16.1. The molecule has 2 atom stereocenters. The van der Waals surface area contributed by atoms with Gasteiger partial charge in [-0.3, -0.25) is 9.78 Å². The summed E-state index contributed by atoms with van der Waals surface area (Å²) in [5, 5.41) is 2.79. The largest absolute Gasteiger partial charge is 0.322 e. The number of amides is 1. The van der Waals surface area contributed by atoms with Crippen LogP contribution in [0.1, 0.15) is 65.7 Å². The van der Waals surface area contributed by atoms with Crippen molar-refractivity contribution in [3.05, 3.63) is 58.9 Å². The third-order valence-corrected chi connectivity index (χ3v) is 4.41. The lowest BCUT2D eigenvalue weighted by Gasteiger charge is -2.14. The molecule has 1 N–H and O–H groups in total. The first-order valence-electron chi connectivity index (χ1n) is 7.66. The van der Waals surface area contributed by atoms with Crippen molar-refractivity contribution < 1.29 is 13.6 Å². The van der Waals surface area contributed by atoms with Gasteiger partial charge in [-0.1, -0.05) is 26.0 Å². The van der Waals surface area contributed by atoms with Gasteiger partial charge < -0.3 is 5.32 Å². The molecular formula is C18H18F2N2O. The smallest absolute Gasteiger partial charge is 0.281 e. The van der Waals surface area contributed by atoms with E-state index in [4.69, 9.17) is 0 Å². The van der Waals surface area contributed by atoms with E-state index in [1.165, 1.54) is 23.9 Å². The van der Waals surface area contributed by atoms with Gasteiger partial charge in [-0.15, -0.1) is 0 Å². The Morgan fingerprint density at radius 3 is 2.74 bits per heavy atom. The number of nitrogens with zero attached hydrogens (tertiary/aromatic N) is 1. The fourth-order valence-corrected chi connectivity index (χ4v) is 3.42. The second-order valence-electron chi connectivity index (χ2n) is 6.04. The molecule has 1 heterocycles. The SMILES string of the molecule is CC1CC(C)c2c(NC(=O)c3cccnc3C(F)F)cccc21. The molecule has 2 unspecified atom stereocenters. The standard InChI is InChI=1S/C18H18F2N2O/c1-10-9-11(2)15-12(10)5-3-7-14(15)22-18(23)13-6-4-8-21-16(13)17(19)20/h3-8,10-11,17H,9H2,1-2H3,(H,22,23). The number of benzene rings is 1. The van der Waals surface area contributed by atoms with Crippen LogP contribution >= 0.6 is 0 Å². The van der Waals surface area contributed by atoms with Crippen LogP contribution in [-0.4, -0.2) is 10.9 Å². The molecule has 5 heteroatoms. The number of hydrogen-bond acceptors (Lipinski definition) is 2. The molecule has 3 nitrogen and oxygen atoms in total. The molecule has 120 valence electrons. The molecular weight excluding hydrogens is 298 g/mol. The van der Waals surface area contributed by atoms with Gasteiger partial charge in [0.1, 0.15) is 5.69 Å². The van der Waals surface area contributed by atoms with Crippen LogP contribution in [0.5, 0.6) is 0 Å². The lowest BCUT2D eigenvalue weighted by Crippen LogP contribution is -2.16. The fourth-order valence-electron chi connectivity index (χ4n) is 3.42. The van der Waals surface area contributed by atoms with Crippen molar-refractivity contribution >= 4 is 11.6 Å². The van der Waals surface area contributed by atoms with E-state index in [9.17, 15) is 13.6 Å². The van der Waals surface area contributed by atoms with Crippen molar-refractivity contribution in [2.75, 3.05) is 5.32 Å². The molecule has 0 bridgehead atoms. The molecule has 1 aromatic heterocycles. The minimum atomic E-state index is -2.78. The van der Waals surface area contributed by atoms with Crippen LogP contribution in [0.4, 0.5) is 14.5 Å². The zero-order valence-electron chi connectivity index (χ0n) is 13.0. The maximum Gasteiger partial charge on any atom is 0.281 e. The molecule has 1 amide bonds. The summed E-state index contributed by atoms with van der Waals surface area (Å²) < 4.78 is 26.0. The summed E-state index contributed by atoms with van der Waals surface area (Å²) >= 11 is 0. The first kappa shape index (κ1) is 15.6. The van der Waals surface area contributed by atoms with Crippen molar-refractivity contribution in [1.29, 1.82) is 0 Å². The highest BCUT2D eigenvalue weighted by molar-refractivity contribution is 6.05. The lowest BCUT2D eigenvalue weighted by atomic mass is 10.0. The van der Waals surface area contributed by atoms with Gasteiger partial charge in [0.05, 0.1) is 5.56 Å². The zero-order valence-corrected chi connectivity index (χ0v) is 13.0. The number of carbonyl (C=O) groups excluding carboxylic acids is 1. The van der Waals surface area contributed by atoms with Gasteiger partial charge in [0, 0.05) is 11.9 Å². The average Bonchev–Trinajstić information content (AvgIpc) is 2.83. The van der Waals surface area contributed by atoms with E-state index in [1.54, 1.807) is 0 Å². The van der Waals surface area contributed by atoms with Gasteiger partial charge in [-0.05, 0) is 47.6 Å². The minimum Gasteiger partial charge on any atom is -0.322 e. The second kappa shape index (κ2) is 6.07. The topological polar surface area (TPSA) is 42.0 Å². The lowest BCUT2D eigenvalue weighted by molar-refractivity contribution is 0.100. The number of alkyl halides is 2. The summed E-state index contributed by atoms with van der Waals surface area (Å²) in [7, 11) is 0. The number of halogens is 2. The number of rotatable bonds is 3. The summed E-state index contributed by atoms with van der Waals surface area (Å²) in [6, 6.07) is 8.64. The van der Waals surface area contributed by atoms with E-state index in [1.807, 2.05) is 12.1 Å². The molecule has 1 aliphatic carbocycles. The predicted octanol–water partition coefficient (Wildman–Crippen LogP) is 4.88. The van der Waals surface area contributed by atoms with E-state index in [-0.39, 0.29) is 5.56 Å². The molecule has 1 aliphatic rings. The summed E-state index contributed by atoms with van der Waals surface area (Å²) in [5.74, 6) is 0.223. The van der Waals surface area contributed by atoms with E-state index in [0.717, 1.165) is 12.0 Å². The van der Waals surface area contributed by atoms with Crippen LogP contribution in [0.25, 0.3) is 0 Å². The van der Waals surface area contributed by atoms with E-state index >= 15 is 0 Å². The van der Waals surface area contributed by atoms with Crippen LogP contribution in [0.2, 0.25) is 0 Å². The molecule has 0 spiro atoms. The van der Waals surface area contributed by atoms with Gasteiger partial charge in [0.2, 0.25) is 0 Å². The van der Waals surface area contributed by atoms with Gasteiger partial charge in [-0.25, -0.2) is 8.78 Å². The number of pyridine rings is 1. The van der Waals surface area contributed by atoms with Crippen molar-refractivity contribution in [1.82, 2.24) is 4.98 Å². The molecule has 1 aromatic carbocycles. The highest BCUT2D eigenvalue weighted by Crippen LogP contribution is 2.44. The molecule has 0 aliphatic heterocycles. The third-order valence-electron chi connectivity index (χ3n) is 4.41. The molecule has 0 radical (unpaired) electrons. The fraction of sp³-hybridized carbons (Fsp3) is 0.333. The number of anilines is 1. The van der Waals surface area contributed by atoms with E-state index in [2.05, 4.69) is 30.2 Å². The second-order valence-corrected chi connectivity index (χ2v) is 6.04. The Hall–Kier alpha value is -2.30. The molecule has 0 fully saturated rings. The first-order chi connectivity index (χ1) is 11.0. The molecule has 2 aromatic rings. The van der Waals surface area contributed by atoms with Crippen LogP contribution in [0.15, 0.2) is 36.5 Å². The Kier molecular flexibility index (Phi) is 4.11. The van der Waals surface area contributed by atoms with Crippen LogP contribution < -0.4 is 5.32 Å². The highest BCUT2D eigenvalue weighted by Gasteiger charge is 2.28. The number of nitrogens with one attached hydrogen (secondary N) is 1. The van der Waals surface area contributed by atoms with Gasteiger partial charge in [0.15, 0.2) is 0 Å². The van der Waals surface area contributed by atoms with Crippen molar-refractivity contribution in [2.45, 2.75) is 38.5 Å². The summed E-state index contributed by atoms with van der Waals surface area (Å²) in [5.41, 5.74) is 2.46. The number of carbonyl (C=O) groups is 1. The first-order valence-corrected chi connectivity index (χ1v) is 7.66. The van der Waals surface area contributed by atoms with Crippen LogP contribution in [0, 0.1) is 0 Å². The molecule has 23 heavy (non-hydrogen) atoms. The predicted molar refractivity (Wildman–Crippen MR) is 85.0 cm³/mol. The van der Waals surface area contributed by atoms with Crippen LogP contribution in [0.3, 0.4) is 0 Å². The number of hydrogen-bond donors (Lipinski definition) is 1. The third kappa shape index (κ3) is 2.83. The van der Waals surface area contributed by atoms with Crippen molar-refractivity contribution in [3.63, 3.8) is 0 Å². The normalized spacial score (nSPS) is 19.7. The molecule has 3 rings (SSSR count). The quantitative estimate of drug-likeness (QED) is 0.876. The monoisotopic (exact) mass is 316 g/mol. The van der Waals surface area contributed by atoms with Gasteiger partial charge in [-0.2, -0.15) is 0 Å². The Morgan fingerprint density at radius 1 is 1.22 bits per heavy atom. The Bertz CT molecular complexity index is 746. The van der Waals surface area contributed by atoms with Gasteiger partial charge >= 0.3 is 0 Å². The van der Waals surface area contributed by atoms with E-state index < -0.39 is 18.0 Å². The summed E-state index contributed by atoms with van der Waals surface area (Å²) in [6.07, 6.45) is -0.489. The Labute approximate surface area is 133 Å². The maximum atomic E-state index is 13.0. The highest BCUT2D eigenvalue weighted by atomic mass is 19.3. The van der Waals surface area contributed by atoms with E-state index in [0.29, 0.717) is 17.5 Å². The number of aromatic nitrogens is 1. The molecule has 0 saturated carbocycles. The molecule has 0 saturated heterocycles. The van der Waals surface area contributed by atoms with Crippen molar-refractivity contribution in [3.8, 4) is 0 Å². The Balaban J connectivity index is 1.94. The number of fused-ring (bicyclic) bond motifs is 1. The van der Waals surface area contributed by atoms with Gasteiger partial charge in [0.25, 0.3) is 12.3 Å². The van der Waals surface area contributed by atoms with Crippen molar-refractivity contribution in [2.24, 2.45) is 0 Å². The maximum absolute atomic E-state index is 13.0. The average molecular weight is 316 g/mol.